The zero-order chi connectivity index (χ0) is 33.5. The first kappa shape index (κ1) is 28.3. The van der Waals surface area contributed by atoms with E-state index in [0.717, 1.165) is 43.6 Å². The van der Waals surface area contributed by atoms with Crippen LogP contribution in [-0.4, -0.2) is 19.1 Å². The normalized spacial score (nSPS) is 11.9. The summed E-state index contributed by atoms with van der Waals surface area (Å²) < 4.78 is 6.94. The summed E-state index contributed by atoms with van der Waals surface area (Å²) in [6.07, 6.45) is 0. The highest BCUT2D eigenvalue weighted by atomic mass is 32.1. The minimum Gasteiger partial charge on any atom is -0.309 e. The molecule has 7 aromatic carbocycles. The molecule has 5 heteroatoms. The van der Waals surface area contributed by atoms with Crippen molar-refractivity contribution in [2.75, 3.05) is 0 Å². The van der Waals surface area contributed by atoms with Crippen LogP contribution in [0.2, 0.25) is 0 Å². The summed E-state index contributed by atoms with van der Waals surface area (Å²) in [5, 5.41) is 5.99. The number of para-hydroxylation sites is 4. The average Bonchev–Trinajstić information content (AvgIpc) is 3.86. The van der Waals surface area contributed by atoms with Gasteiger partial charge in [0.05, 0.1) is 43.7 Å². The number of hydrogen-bond donors (Lipinski definition) is 0. The second-order valence-corrected chi connectivity index (χ2v) is 14.0. The summed E-state index contributed by atoms with van der Waals surface area (Å²) in [4.78, 5) is 11.0. The summed E-state index contributed by atoms with van der Waals surface area (Å²) in [5.41, 5.74) is 10.9. The number of aromatic nitrogens is 4. The third-order valence-corrected chi connectivity index (χ3v) is 11.3. The first-order chi connectivity index (χ1) is 25.3. The Morgan fingerprint density at radius 3 is 1.75 bits per heavy atom. The topological polar surface area (TPSA) is 35.6 Å². The monoisotopic (exact) mass is 668 g/mol. The van der Waals surface area contributed by atoms with Gasteiger partial charge < -0.3 is 4.57 Å². The second kappa shape index (κ2) is 11.0. The lowest BCUT2D eigenvalue weighted by Crippen LogP contribution is -2.04. The van der Waals surface area contributed by atoms with Gasteiger partial charge in [0.15, 0.2) is 0 Å². The van der Waals surface area contributed by atoms with Gasteiger partial charge in [-0.15, -0.1) is 11.3 Å². The maximum Gasteiger partial charge on any atom is 0.235 e. The van der Waals surface area contributed by atoms with E-state index in [1.165, 1.54) is 48.4 Å². The van der Waals surface area contributed by atoms with Gasteiger partial charge in [-0.3, -0.25) is 4.57 Å². The van der Waals surface area contributed by atoms with Crippen LogP contribution in [-0.2, 0) is 0 Å². The Hall–Kier alpha value is -6.56. The van der Waals surface area contributed by atoms with Crippen LogP contribution in [0.5, 0.6) is 0 Å². The zero-order valence-corrected chi connectivity index (χ0v) is 28.2. The summed E-state index contributed by atoms with van der Waals surface area (Å²) in [7, 11) is 0. The van der Waals surface area contributed by atoms with Crippen LogP contribution in [0.3, 0.4) is 0 Å². The number of benzene rings is 7. The van der Waals surface area contributed by atoms with Crippen LogP contribution in [0.1, 0.15) is 0 Å². The Morgan fingerprint density at radius 2 is 0.980 bits per heavy atom. The van der Waals surface area contributed by atoms with Gasteiger partial charge in [-0.05, 0) is 47.5 Å². The zero-order valence-electron chi connectivity index (χ0n) is 27.4. The number of hydrogen-bond acceptors (Lipinski definition) is 3. The van der Waals surface area contributed by atoms with Crippen molar-refractivity contribution in [3.63, 3.8) is 0 Å². The summed E-state index contributed by atoms with van der Waals surface area (Å²) in [6.45, 7) is 0. The van der Waals surface area contributed by atoms with Crippen molar-refractivity contribution >= 4 is 75.3 Å². The van der Waals surface area contributed by atoms with Gasteiger partial charge in [0.25, 0.3) is 0 Å². The SMILES string of the molecule is c1ccc(-c2cccc3c2c2ccccc2n3-c2nc(-c3ccccc3-n3c4ccccc4c4ccccc43)c3sc4ccccc4c3n2)cc1. The van der Waals surface area contributed by atoms with Gasteiger partial charge in [-0.25, -0.2) is 9.97 Å². The van der Waals surface area contributed by atoms with Crippen molar-refractivity contribution in [2.24, 2.45) is 0 Å². The van der Waals surface area contributed by atoms with E-state index in [2.05, 4.69) is 179 Å². The van der Waals surface area contributed by atoms with Crippen molar-refractivity contribution in [1.29, 1.82) is 0 Å². The molecule has 51 heavy (non-hydrogen) atoms. The number of nitrogens with zero attached hydrogens (tertiary/aromatic N) is 4. The van der Waals surface area contributed by atoms with Gasteiger partial charge in [0, 0.05) is 37.2 Å². The minimum absolute atomic E-state index is 0.662. The molecule has 4 nitrogen and oxygen atoms in total. The Morgan fingerprint density at radius 1 is 0.412 bits per heavy atom. The van der Waals surface area contributed by atoms with Crippen molar-refractivity contribution in [2.45, 2.75) is 0 Å². The molecule has 0 radical (unpaired) electrons. The van der Waals surface area contributed by atoms with Gasteiger partial charge in [0.1, 0.15) is 0 Å². The maximum absolute atomic E-state index is 5.59. The van der Waals surface area contributed by atoms with Crippen LogP contribution < -0.4 is 0 Å². The fraction of sp³-hybridized carbons (Fsp3) is 0. The first-order valence-electron chi connectivity index (χ1n) is 17.2. The van der Waals surface area contributed by atoms with Gasteiger partial charge in [-0.2, -0.15) is 0 Å². The molecule has 0 N–H and O–H groups in total. The number of rotatable bonds is 4. The first-order valence-corrected chi connectivity index (χ1v) is 18.0. The molecule has 238 valence electrons. The molecule has 11 rings (SSSR count). The van der Waals surface area contributed by atoms with Crippen LogP contribution >= 0.6 is 11.3 Å². The van der Waals surface area contributed by atoms with E-state index < -0.39 is 0 Å². The molecule has 0 aliphatic heterocycles. The Bertz CT molecular complexity index is 3090. The quantitative estimate of drug-likeness (QED) is 0.187. The molecule has 0 spiro atoms. The van der Waals surface area contributed by atoms with E-state index in [-0.39, 0.29) is 0 Å². The molecule has 0 unspecified atom stereocenters. The van der Waals surface area contributed by atoms with Gasteiger partial charge >= 0.3 is 0 Å². The van der Waals surface area contributed by atoms with Crippen molar-refractivity contribution in [3.05, 3.63) is 170 Å². The Kier molecular flexibility index (Phi) is 6.09. The van der Waals surface area contributed by atoms with Crippen LogP contribution in [0.4, 0.5) is 0 Å². The van der Waals surface area contributed by atoms with Gasteiger partial charge in [-0.1, -0.05) is 133 Å². The highest BCUT2D eigenvalue weighted by molar-refractivity contribution is 7.26. The van der Waals surface area contributed by atoms with E-state index >= 15 is 0 Å². The molecule has 0 saturated heterocycles. The number of fused-ring (bicyclic) bond motifs is 9. The molecule has 0 bridgehead atoms. The highest BCUT2D eigenvalue weighted by Gasteiger charge is 2.23. The standard InChI is InChI=1S/C46H28N4S/c1-2-15-29(16-3-1)30-22-14-27-40-42(30)33-19-6-11-25-38(33)50(40)46-47-43(45-44(48-46)35-21-8-13-28-41(35)51-45)34-20-7-12-26-39(34)49-36-23-9-4-17-31(36)32-18-5-10-24-37(32)49/h1-28H. The fourth-order valence-corrected chi connectivity index (χ4v) is 9.15. The second-order valence-electron chi connectivity index (χ2n) is 13.0. The highest BCUT2D eigenvalue weighted by Crippen LogP contribution is 2.44. The lowest BCUT2D eigenvalue weighted by molar-refractivity contribution is 1.02. The molecule has 11 aromatic rings. The lowest BCUT2D eigenvalue weighted by Gasteiger charge is -2.15. The largest absolute Gasteiger partial charge is 0.309 e. The molecule has 0 aliphatic rings. The predicted molar refractivity (Wildman–Crippen MR) is 214 cm³/mol. The van der Waals surface area contributed by atoms with Gasteiger partial charge in [0.2, 0.25) is 5.95 Å². The van der Waals surface area contributed by atoms with E-state index in [1.54, 1.807) is 11.3 Å². The molecular formula is C46H28N4S. The molecule has 4 heterocycles. The molecule has 0 aliphatic carbocycles. The van der Waals surface area contributed by atoms with Crippen molar-refractivity contribution in [3.8, 4) is 34.0 Å². The lowest BCUT2D eigenvalue weighted by atomic mass is 9.99. The summed E-state index contributed by atoms with van der Waals surface area (Å²) >= 11 is 1.77. The number of thiophene rings is 1. The molecule has 0 atom stereocenters. The van der Waals surface area contributed by atoms with Crippen molar-refractivity contribution in [1.82, 2.24) is 19.1 Å². The third kappa shape index (κ3) is 4.13. The van der Waals surface area contributed by atoms with E-state index in [0.29, 0.717) is 5.95 Å². The summed E-state index contributed by atoms with van der Waals surface area (Å²) in [5.74, 6) is 0.662. The van der Waals surface area contributed by atoms with Crippen molar-refractivity contribution < 1.29 is 0 Å². The van der Waals surface area contributed by atoms with Crippen LogP contribution in [0.25, 0.3) is 97.9 Å². The fourth-order valence-electron chi connectivity index (χ4n) is 8.01. The average molecular weight is 669 g/mol. The minimum atomic E-state index is 0.662. The van der Waals surface area contributed by atoms with E-state index in [4.69, 9.17) is 9.97 Å². The predicted octanol–water partition coefficient (Wildman–Crippen LogP) is 12.4. The van der Waals surface area contributed by atoms with Crippen LogP contribution in [0, 0.1) is 0 Å². The molecule has 0 amide bonds. The molecular weight excluding hydrogens is 641 g/mol. The van der Waals surface area contributed by atoms with E-state index in [9.17, 15) is 0 Å². The maximum atomic E-state index is 5.59. The Labute approximate surface area is 297 Å². The Balaban J connectivity index is 1.26. The molecule has 4 aromatic heterocycles. The van der Waals surface area contributed by atoms with Crippen LogP contribution in [0.15, 0.2) is 170 Å². The molecule has 0 fully saturated rings. The third-order valence-electron chi connectivity index (χ3n) is 10.2. The molecule has 0 saturated carbocycles. The smallest absolute Gasteiger partial charge is 0.235 e. The summed E-state index contributed by atoms with van der Waals surface area (Å²) in [6, 6.07) is 60.5. The van der Waals surface area contributed by atoms with E-state index in [1.807, 2.05) is 0 Å².